The van der Waals surface area contributed by atoms with Gasteiger partial charge in [-0.05, 0) is 13.8 Å². The molecule has 1 aliphatic rings. The van der Waals surface area contributed by atoms with Gasteiger partial charge in [0.1, 0.15) is 15.9 Å². The predicted molar refractivity (Wildman–Crippen MR) is 75.2 cm³/mol. The van der Waals surface area contributed by atoms with E-state index in [0.29, 0.717) is 23.8 Å². The zero-order chi connectivity index (χ0) is 15.6. The molecule has 0 aliphatic carbocycles. The molecule has 1 aromatic heterocycles. The van der Waals surface area contributed by atoms with Crippen molar-refractivity contribution in [3.05, 3.63) is 15.6 Å². The van der Waals surface area contributed by atoms with Crippen molar-refractivity contribution < 1.29 is 19.5 Å². The van der Waals surface area contributed by atoms with Gasteiger partial charge in [-0.3, -0.25) is 4.79 Å². The smallest absolute Gasteiger partial charge is 0.347 e. The summed E-state index contributed by atoms with van der Waals surface area (Å²) in [5, 5.41) is 14.8. The number of nitrogens with one attached hydrogen (secondary N) is 2. The maximum absolute atomic E-state index is 12.0. The first kappa shape index (κ1) is 15.2. The van der Waals surface area contributed by atoms with Gasteiger partial charge in [-0.25, -0.2) is 14.6 Å². The molecule has 1 saturated heterocycles. The van der Waals surface area contributed by atoms with Crippen molar-refractivity contribution in [2.75, 3.05) is 13.1 Å². The molecule has 2 heterocycles. The number of piperazine rings is 1. The number of hydrogen-bond donors (Lipinski definition) is 3. The normalized spacial score (nSPS) is 18.3. The molecule has 0 saturated carbocycles. The van der Waals surface area contributed by atoms with E-state index in [1.807, 2.05) is 0 Å². The van der Waals surface area contributed by atoms with Crippen molar-refractivity contribution >= 4 is 29.2 Å². The number of carboxylic acid groups (broad SMARTS) is 1. The van der Waals surface area contributed by atoms with Crippen LogP contribution in [0.25, 0.3) is 0 Å². The van der Waals surface area contributed by atoms with E-state index in [2.05, 4.69) is 15.6 Å². The van der Waals surface area contributed by atoms with Crippen molar-refractivity contribution in [3.63, 3.8) is 0 Å². The van der Waals surface area contributed by atoms with E-state index in [4.69, 9.17) is 5.11 Å². The molecule has 1 aliphatic heterocycles. The van der Waals surface area contributed by atoms with Crippen molar-refractivity contribution in [1.82, 2.24) is 20.5 Å². The number of urea groups is 1. The SMILES string of the molecule is Cc1nc(CNC(=O)N2CCNC(=O)C2C)sc1C(=O)O. The molecule has 0 radical (unpaired) electrons. The summed E-state index contributed by atoms with van der Waals surface area (Å²) in [6.07, 6.45) is 0. The number of nitrogens with zero attached hydrogens (tertiary/aromatic N) is 2. The van der Waals surface area contributed by atoms with Crippen LogP contribution < -0.4 is 10.6 Å². The Bertz CT molecular complexity index is 586. The Morgan fingerprint density at radius 2 is 2.29 bits per heavy atom. The highest BCUT2D eigenvalue weighted by molar-refractivity contribution is 7.13. The monoisotopic (exact) mass is 312 g/mol. The lowest BCUT2D eigenvalue weighted by Crippen LogP contribution is -2.58. The Labute approximate surface area is 125 Å². The maximum Gasteiger partial charge on any atom is 0.347 e. The fourth-order valence-electron chi connectivity index (χ4n) is 2.04. The number of thiazole rings is 1. The summed E-state index contributed by atoms with van der Waals surface area (Å²) in [5.41, 5.74) is 0.433. The van der Waals surface area contributed by atoms with Crippen molar-refractivity contribution in [1.29, 1.82) is 0 Å². The van der Waals surface area contributed by atoms with Crippen molar-refractivity contribution in [2.45, 2.75) is 26.4 Å². The van der Waals surface area contributed by atoms with E-state index in [1.165, 1.54) is 4.90 Å². The first-order valence-corrected chi connectivity index (χ1v) is 7.23. The number of carbonyl (C=O) groups is 3. The van der Waals surface area contributed by atoms with E-state index >= 15 is 0 Å². The molecule has 0 spiro atoms. The van der Waals surface area contributed by atoms with E-state index in [0.717, 1.165) is 11.3 Å². The van der Waals surface area contributed by atoms with Gasteiger partial charge >= 0.3 is 12.0 Å². The summed E-state index contributed by atoms with van der Waals surface area (Å²) in [5.74, 6) is -1.21. The Morgan fingerprint density at radius 1 is 1.57 bits per heavy atom. The zero-order valence-electron chi connectivity index (χ0n) is 11.7. The third-order valence-electron chi connectivity index (χ3n) is 3.19. The largest absolute Gasteiger partial charge is 0.477 e. The molecule has 0 bridgehead atoms. The quantitative estimate of drug-likeness (QED) is 0.737. The van der Waals surface area contributed by atoms with Crippen molar-refractivity contribution in [3.8, 4) is 0 Å². The number of aryl methyl sites for hydroxylation is 1. The minimum Gasteiger partial charge on any atom is -0.477 e. The number of aromatic nitrogens is 1. The summed E-state index contributed by atoms with van der Waals surface area (Å²) in [7, 11) is 0. The topological polar surface area (TPSA) is 112 Å². The molecule has 3 N–H and O–H groups in total. The molecular formula is C12H16N4O4S. The summed E-state index contributed by atoms with van der Waals surface area (Å²) in [6, 6.07) is -0.881. The van der Waals surface area contributed by atoms with E-state index in [-0.39, 0.29) is 23.4 Å². The second-order valence-electron chi connectivity index (χ2n) is 4.65. The standard InChI is InChI=1S/C12H16N4O4S/c1-6-9(11(18)19)21-8(15-6)5-14-12(20)16-4-3-13-10(17)7(16)2/h7H,3-5H2,1-2H3,(H,13,17)(H,14,20)(H,18,19). The lowest BCUT2D eigenvalue weighted by Gasteiger charge is -2.32. The minimum atomic E-state index is -1.02. The van der Waals surface area contributed by atoms with Gasteiger partial charge in [-0.15, -0.1) is 11.3 Å². The molecule has 3 amide bonds. The third kappa shape index (κ3) is 3.30. The fraction of sp³-hybridized carbons (Fsp3) is 0.500. The molecule has 114 valence electrons. The first-order valence-electron chi connectivity index (χ1n) is 6.42. The van der Waals surface area contributed by atoms with Gasteiger partial charge < -0.3 is 20.6 Å². The number of hydrogen-bond acceptors (Lipinski definition) is 5. The molecule has 8 nitrogen and oxygen atoms in total. The van der Waals surface area contributed by atoms with Crippen LogP contribution >= 0.6 is 11.3 Å². The van der Waals surface area contributed by atoms with E-state index < -0.39 is 12.0 Å². The summed E-state index contributed by atoms with van der Waals surface area (Å²) in [6.45, 7) is 4.28. The zero-order valence-corrected chi connectivity index (χ0v) is 12.5. The average molecular weight is 312 g/mol. The Morgan fingerprint density at radius 3 is 2.90 bits per heavy atom. The number of rotatable bonds is 3. The van der Waals surface area contributed by atoms with Crippen LogP contribution in [0.15, 0.2) is 0 Å². The maximum atomic E-state index is 12.0. The van der Waals surface area contributed by atoms with Gasteiger partial charge in [0.25, 0.3) is 0 Å². The molecule has 1 fully saturated rings. The summed E-state index contributed by atoms with van der Waals surface area (Å²) < 4.78 is 0. The predicted octanol–water partition coefficient (Wildman–Crippen LogP) is 0.180. The molecule has 1 atom stereocenters. The van der Waals surface area contributed by atoms with Gasteiger partial charge in [-0.2, -0.15) is 0 Å². The second kappa shape index (κ2) is 6.08. The summed E-state index contributed by atoms with van der Waals surface area (Å²) >= 11 is 1.03. The van der Waals surface area contributed by atoms with Gasteiger partial charge in [-0.1, -0.05) is 0 Å². The highest BCUT2D eigenvalue weighted by Gasteiger charge is 2.29. The van der Waals surface area contributed by atoms with Crippen molar-refractivity contribution in [2.24, 2.45) is 0 Å². The highest BCUT2D eigenvalue weighted by Crippen LogP contribution is 2.17. The number of carboxylic acids is 1. The lowest BCUT2D eigenvalue weighted by molar-refractivity contribution is -0.126. The van der Waals surface area contributed by atoms with Crippen LogP contribution in [0.4, 0.5) is 4.79 Å². The Balaban J connectivity index is 1.96. The molecule has 2 rings (SSSR count). The van der Waals surface area contributed by atoms with Crippen LogP contribution in [0.5, 0.6) is 0 Å². The molecule has 21 heavy (non-hydrogen) atoms. The van der Waals surface area contributed by atoms with Crippen LogP contribution in [0.3, 0.4) is 0 Å². The summed E-state index contributed by atoms with van der Waals surface area (Å²) in [4.78, 5) is 40.2. The third-order valence-corrected chi connectivity index (χ3v) is 4.33. The van der Waals surface area contributed by atoms with Gasteiger partial charge in [0.2, 0.25) is 5.91 Å². The van der Waals surface area contributed by atoms with E-state index in [9.17, 15) is 14.4 Å². The molecule has 1 unspecified atom stereocenters. The van der Waals surface area contributed by atoms with Crippen LogP contribution in [0.2, 0.25) is 0 Å². The Hall–Kier alpha value is -2.16. The van der Waals surface area contributed by atoms with Gasteiger partial charge in [0, 0.05) is 13.1 Å². The molecule has 0 aromatic carbocycles. The Kier molecular flexibility index (Phi) is 4.41. The molecule has 1 aromatic rings. The first-order chi connectivity index (χ1) is 9.90. The average Bonchev–Trinajstić information content (AvgIpc) is 2.80. The molecule has 9 heteroatoms. The van der Waals surface area contributed by atoms with Crippen LogP contribution in [0.1, 0.15) is 27.3 Å². The van der Waals surface area contributed by atoms with Gasteiger partial charge in [0.05, 0.1) is 12.2 Å². The number of carbonyl (C=O) groups excluding carboxylic acids is 2. The highest BCUT2D eigenvalue weighted by atomic mass is 32.1. The van der Waals surface area contributed by atoms with Crippen LogP contribution in [0, 0.1) is 6.92 Å². The second-order valence-corrected chi connectivity index (χ2v) is 5.73. The lowest BCUT2D eigenvalue weighted by atomic mass is 10.2. The van der Waals surface area contributed by atoms with Crippen LogP contribution in [-0.2, 0) is 11.3 Å². The fourth-order valence-corrected chi connectivity index (χ4v) is 2.88. The minimum absolute atomic E-state index is 0.141. The number of amides is 3. The number of aromatic carboxylic acids is 1. The van der Waals surface area contributed by atoms with Gasteiger partial charge in [0.15, 0.2) is 0 Å². The van der Waals surface area contributed by atoms with Crippen LogP contribution in [-0.4, -0.2) is 52.0 Å². The molecular weight excluding hydrogens is 296 g/mol. The van der Waals surface area contributed by atoms with E-state index in [1.54, 1.807) is 13.8 Å².